The topological polar surface area (TPSA) is 88.7 Å². The highest BCUT2D eigenvalue weighted by molar-refractivity contribution is 6.32. The zero-order valence-corrected chi connectivity index (χ0v) is 26.5. The summed E-state index contributed by atoms with van der Waals surface area (Å²) in [7, 11) is 0. The number of benzene rings is 1. The van der Waals surface area contributed by atoms with Crippen LogP contribution in [0.3, 0.4) is 0 Å². The molecule has 3 N–H and O–H groups in total. The molecule has 1 amide bonds. The smallest absolute Gasteiger partial charge is 0.229 e. The lowest BCUT2D eigenvalue weighted by Gasteiger charge is -2.43. The number of aromatic nitrogens is 2. The Bertz CT molecular complexity index is 1160. The van der Waals surface area contributed by atoms with Crippen LogP contribution in [0.5, 0.6) is 0 Å². The van der Waals surface area contributed by atoms with Crippen LogP contribution in [0, 0.1) is 11.8 Å². The van der Waals surface area contributed by atoms with Gasteiger partial charge in [-0.05, 0) is 69.7 Å². The maximum Gasteiger partial charge on any atom is 0.229 e. The number of hydrogen-bond donors (Lipinski definition) is 3. The first-order valence-corrected chi connectivity index (χ1v) is 16.3. The van der Waals surface area contributed by atoms with Crippen molar-refractivity contribution in [3.8, 4) is 0 Å². The van der Waals surface area contributed by atoms with Gasteiger partial charge in [0.2, 0.25) is 11.9 Å². The van der Waals surface area contributed by atoms with Gasteiger partial charge in [-0.2, -0.15) is 4.98 Å². The summed E-state index contributed by atoms with van der Waals surface area (Å²) in [4.78, 5) is 29.6. The van der Waals surface area contributed by atoms with Crippen LogP contribution in [0.1, 0.15) is 59.8 Å². The van der Waals surface area contributed by atoms with Gasteiger partial charge in [-0.1, -0.05) is 31.9 Å². The van der Waals surface area contributed by atoms with Crippen molar-refractivity contribution in [2.75, 3.05) is 61.3 Å². The second-order valence-electron chi connectivity index (χ2n) is 13.0. The molecule has 3 fully saturated rings. The van der Waals surface area contributed by atoms with E-state index < -0.39 is 0 Å². The van der Waals surface area contributed by atoms with Crippen LogP contribution in [-0.4, -0.2) is 89.6 Å². The van der Waals surface area contributed by atoms with Gasteiger partial charge in [-0.15, -0.1) is 0 Å². The molecule has 2 atom stereocenters. The number of anilines is 4. The van der Waals surface area contributed by atoms with E-state index in [0.717, 1.165) is 44.0 Å². The standard InChI is InChI=1S/C32H49ClN8O/c1-22(2)21-39-16-18-41(19-17-39)26-12-14-40(15-13-26)25-10-8-24(9-11-25)36-32-34-20-28(33)30(38-32)37-29-7-5-6-27(29)31(42)35-23(3)4/h8-11,20,22-23,26-27,29H,5-7,12-19,21H2,1-4H3,(H,35,42)(H2,34,36,37,38)/t27-,29-/m0/s1. The molecule has 2 aromatic rings. The maximum absolute atomic E-state index is 12.7. The Hall–Kier alpha value is -2.62. The number of nitrogens with zero attached hydrogens (tertiary/aromatic N) is 5. The molecule has 2 aliphatic heterocycles. The summed E-state index contributed by atoms with van der Waals surface area (Å²) in [5.41, 5.74) is 2.18. The molecule has 230 valence electrons. The Morgan fingerprint density at radius 1 is 0.976 bits per heavy atom. The minimum Gasteiger partial charge on any atom is -0.371 e. The summed E-state index contributed by atoms with van der Waals surface area (Å²) in [5, 5.41) is 10.3. The van der Waals surface area contributed by atoms with E-state index >= 15 is 0 Å². The van der Waals surface area contributed by atoms with Crippen LogP contribution in [0.2, 0.25) is 5.02 Å². The quantitative estimate of drug-likeness (QED) is 0.344. The van der Waals surface area contributed by atoms with Crippen molar-refractivity contribution in [3.63, 3.8) is 0 Å². The summed E-state index contributed by atoms with van der Waals surface area (Å²) in [5.74, 6) is 1.78. The molecular formula is C32H49ClN8O. The third-order valence-corrected chi connectivity index (χ3v) is 9.13. The van der Waals surface area contributed by atoms with E-state index in [0.29, 0.717) is 22.8 Å². The number of rotatable bonds is 10. The first-order valence-electron chi connectivity index (χ1n) is 15.9. The SMILES string of the molecule is CC(C)CN1CCN(C2CCN(c3ccc(Nc4ncc(Cl)c(N[C@H]5CCC[C@@H]5C(=O)NC(C)C)n4)cc3)CC2)CC1. The summed E-state index contributed by atoms with van der Waals surface area (Å²) in [6, 6.07) is 9.36. The Morgan fingerprint density at radius 2 is 1.69 bits per heavy atom. The molecule has 1 saturated carbocycles. The lowest BCUT2D eigenvalue weighted by molar-refractivity contribution is -0.125. The Morgan fingerprint density at radius 3 is 2.36 bits per heavy atom. The molecule has 0 bridgehead atoms. The zero-order chi connectivity index (χ0) is 29.6. The Kier molecular flexibility index (Phi) is 10.4. The molecule has 0 spiro atoms. The van der Waals surface area contributed by atoms with Gasteiger partial charge in [-0.3, -0.25) is 9.69 Å². The van der Waals surface area contributed by atoms with E-state index in [4.69, 9.17) is 11.6 Å². The largest absolute Gasteiger partial charge is 0.371 e. The first-order chi connectivity index (χ1) is 20.2. The number of carbonyl (C=O) groups is 1. The number of amides is 1. The molecule has 0 radical (unpaired) electrons. The van der Waals surface area contributed by atoms with Crippen molar-refractivity contribution in [3.05, 3.63) is 35.5 Å². The van der Waals surface area contributed by atoms with Crippen molar-refractivity contribution >= 4 is 40.6 Å². The van der Waals surface area contributed by atoms with Gasteiger partial charge in [-0.25, -0.2) is 4.98 Å². The minimum atomic E-state index is -0.0904. The van der Waals surface area contributed by atoms with Gasteiger partial charge in [0.1, 0.15) is 5.02 Å². The fourth-order valence-electron chi connectivity index (χ4n) is 6.74. The molecule has 10 heteroatoms. The minimum absolute atomic E-state index is 0.00177. The second kappa shape index (κ2) is 14.2. The van der Waals surface area contributed by atoms with Gasteiger partial charge < -0.3 is 25.8 Å². The third kappa shape index (κ3) is 8.05. The molecule has 9 nitrogen and oxygen atoms in total. The fraction of sp³-hybridized carbons (Fsp3) is 0.656. The molecule has 3 aliphatic rings. The Balaban J connectivity index is 1.12. The van der Waals surface area contributed by atoms with E-state index in [-0.39, 0.29) is 23.9 Å². The van der Waals surface area contributed by atoms with E-state index in [1.165, 1.54) is 51.3 Å². The summed E-state index contributed by atoms with van der Waals surface area (Å²) in [6.07, 6.45) is 6.83. The van der Waals surface area contributed by atoms with Gasteiger partial charge in [0.05, 0.1) is 12.1 Å². The van der Waals surface area contributed by atoms with Crippen molar-refractivity contribution in [1.82, 2.24) is 25.1 Å². The predicted molar refractivity (Wildman–Crippen MR) is 173 cm³/mol. The van der Waals surface area contributed by atoms with Crippen molar-refractivity contribution in [2.24, 2.45) is 11.8 Å². The number of nitrogens with one attached hydrogen (secondary N) is 3. The molecular weight excluding hydrogens is 548 g/mol. The summed E-state index contributed by atoms with van der Waals surface area (Å²) in [6.45, 7) is 16.8. The highest BCUT2D eigenvalue weighted by atomic mass is 35.5. The van der Waals surface area contributed by atoms with Gasteiger partial charge in [0.15, 0.2) is 5.82 Å². The van der Waals surface area contributed by atoms with Crippen molar-refractivity contribution in [2.45, 2.75) is 77.9 Å². The lowest BCUT2D eigenvalue weighted by Crippen LogP contribution is -2.53. The van der Waals surface area contributed by atoms with Gasteiger partial charge >= 0.3 is 0 Å². The van der Waals surface area contributed by atoms with Crippen LogP contribution in [-0.2, 0) is 4.79 Å². The van der Waals surface area contributed by atoms with Gasteiger partial charge in [0, 0.05) is 75.3 Å². The fourth-order valence-corrected chi connectivity index (χ4v) is 6.89. The molecule has 3 heterocycles. The molecule has 2 saturated heterocycles. The molecule has 1 aromatic carbocycles. The highest BCUT2D eigenvalue weighted by Crippen LogP contribution is 2.31. The molecule has 1 aromatic heterocycles. The Labute approximate surface area is 256 Å². The maximum atomic E-state index is 12.7. The normalized spacial score (nSPS) is 22.6. The number of halogens is 1. The average Bonchev–Trinajstić information content (AvgIpc) is 3.44. The second-order valence-corrected chi connectivity index (χ2v) is 13.4. The van der Waals surface area contributed by atoms with Crippen LogP contribution < -0.4 is 20.9 Å². The predicted octanol–water partition coefficient (Wildman–Crippen LogP) is 5.22. The number of carbonyl (C=O) groups excluding carboxylic acids is 1. The monoisotopic (exact) mass is 596 g/mol. The van der Waals surface area contributed by atoms with Crippen LogP contribution in [0.15, 0.2) is 30.5 Å². The zero-order valence-electron chi connectivity index (χ0n) is 25.8. The average molecular weight is 597 g/mol. The van der Waals surface area contributed by atoms with E-state index in [1.807, 2.05) is 13.8 Å². The van der Waals surface area contributed by atoms with E-state index in [1.54, 1.807) is 6.20 Å². The number of hydrogen-bond acceptors (Lipinski definition) is 8. The van der Waals surface area contributed by atoms with E-state index in [2.05, 4.69) is 78.7 Å². The number of piperazine rings is 1. The summed E-state index contributed by atoms with van der Waals surface area (Å²) < 4.78 is 0. The van der Waals surface area contributed by atoms with Crippen molar-refractivity contribution in [1.29, 1.82) is 0 Å². The van der Waals surface area contributed by atoms with Crippen molar-refractivity contribution < 1.29 is 4.79 Å². The number of piperidine rings is 1. The lowest BCUT2D eigenvalue weighted by atomic mass is 10.0. The van der Waals surface area contributed by atoms with Gasteiger partial charge in [0.25, 0.3) is 0 Å². The van der Waals surface area contributed by atoms with E-state index in [9.17, 15) is 4.79 Å². The molecule has 0 unspecified atom stereocenters. The van der Waals surface area contributed by atoms with Crippen LogP contribution in [0.25, 0.3) is 0 Å². The van der Waals surface area contributed by atoms with Crippen LogP contribution >= 0.6 is 11.6 Å². The summed E-state index contributed by atoms with van der Waals surface area (Å²) >= 11 is 6.45. The third-order valence-electron chi connectivity index (χ3n) is 8.85. The molecule has 5 rings (SSSR count). The highest BCUT2D eigenvalue weighted by Gasteiger charge is 2.34. The first kappa shape index (κ1) is 30.8. The molecule has 1 aliphatic carbocycles. The van der Waals surface area contributed by atoms with Crippen LogP contribution in [0.4, 0.5) is 23.1 Å². The molecule has 42 heavy (non-hydrogen) atoms.